The van der Waals surface area contributed by atoms with Crippen molar-refractivity contribution >= 4 is 5.97 Å². The average Bonchev–Trinajstić information content (AvgIpc) is 2.68. The predicted molar refractivity (Wildman–Crippen MR) is 53.1 cm³/mol. The van der Waals surface area contributed by atoms with Gasteiger partial charge in [0.2, 0.25) is 0 Å². The lowest BCUT2D eigenvalue weighted by Crippen LogP contribution is -1.96. The molecule has 0 fully saturated rings. The van der Waals surface area contributed by atoms with E-state index in [0.717, 1.165) is 11.4 Å². The van der Waals surface area contributed by atoms with E-state index >= 15 is 0 Å². The molecular weight excluding hydrogens is 194 g/mol. The Morgan fingerprint density at radius 1 is 1.40 bits per heavy atom. The summed E-state index contributed by atoms with van der Waals surface area (Å²) in [6, 6.07) is 3.68. The first-order valence-corrected chi connectivity index (χ1v) is 4.38. The summed E-state index contributed by atoms with van der Waals surface area (Å²) in [7, 11) is 0. The zero-order valence-electron chi connectivity index (χ0n) is 8.08. The highest BCUT2D eigenvalue weighted by molar-refractivity contribution is 5.86. The molecule has 76 valence electrons. The van der Waals surface area contributed by atoms with Gasteiger partial charge in [0.25, 0.3) is 0 Å². The van der Waals surface area contributed by atoms with Crippen molar-refractivity contribution in [2.45, 2.75) is 6.92 Å². The Kier molecular flexibility index (Phi) is 2.21. The third-order valence-electron chi connectivity index (χ3n) is 1.99. The van der Waals surface area contributed by atoms with Crippen molar-refractivity contribution in [3.05, 3.63) is 42.0 Å². The SMILES string of the molecule is Cc1ccc(-n2cc(C(=O)O)cn2)cn1. The van der Waals surface area contributed by atoms with Crippen LogP contribution < -0.4 is 0 Å². The summed E-state index contributed by atoms with van der Waals surface area (Å²) in [6.07, 6.45) is 4.41. The highest BCUT2D eigenvalue weighted by Gasteiger charge is 2.06. The van der Waals surface area contributed by atoms with Crippen LogP contribution in [0.2, 0.25) is 0 Å². The quantitative estimate of drug-likeness (QED) is 0.798. The van der Waals surface area contributed by atoms with Gasteiger partial charge in [0, 0.05) is 11.9 Å². The zero-order valence-corrected chi connectivity index (χ0v) is 8.08. The number of carboxylic acids is 1. The lowest BCUT2D eigenvalue weighted by molar-refractivity contribution is 0.0697. The van der Waals surface area contributed by atoms with E-state index in [9.17, 15) is 4.79 Å². The lowest BCUT2D eigenvalue weighted by atomic mass is 10.3. The number of aromatic carboxylic acids is 1. The molecule has 0 atom stereocenters. The van der Waals surface area contributed by atoms with E-state index in [-0.39, 0.29) is 5.56 Å². The zero-order chi connectivity index (χ0) is 10.8. The second kappa shape index (κ2) is 3.53. The summed E-state index contributed by atoms with van der Waals surface area (Å²) < 4.78 is 1.48. The first kappa shape index (κ1) is 9.39. The van der Waals surface area contributed by atoms with Crippen molar-refractivity contribution in [1.82, 2.24) is 14.8 Å². The number of nitrogens with zero attached hydrogens (tertiary/aromatic N) is 3. The number of rotatable bonds is 2. The first-order chi connectivity index (χ1) is 7.16. The van der Waals surface area contributed by atoms with Crippen LogP contribution in [0.25, 0.3) is 5.69 Å². The summed E-state index contributed by atoms with van der Waals surface area (Å²) >= 11 is 0. The summed E-state index contributed by atoms with van der Waals surface area (Å²) in [5.41, 5.74) is 1.81. The predicted octanol–water partition coefficient (Wildman–Crippen LogP) is 1.27. The molecule has 2 aromatic heterocycles. The van der Waals surface area contributed by atoms with Gasteiger partial charge in [-0.15, -0.1) is 0 Å². The highest BCUT2D eigenvalue weighted by Crippen LogP contribution is 2.07. The van der Waals surface area contributed by atoms with Gasteiger partial charge in [-0.2, -0.15) is 5.10 Å². The third-order valence-corrected chi connectivity index (χ3v) is 1.99. The summed E-state index contributed by atoms with van der Waals surface area (Å²) in [5, 5.41) is 12.7. The van der Waals surface area contributed by atoms with Gasteiger partial charge < -0.3 is 5.11 Å². The smallest absolute Gasteiger partial charge is 0.338 e. The Morgan fingerprint density at radius 2 is 2.20 bits per heavy atom. The molecule has 1 N–H and O–H groups in total. The molecule has 0 saturated heterocycles. The number of carbonyl (C=O) groups is 1. The Balaban J connectivity index is 2.37. The van der Waals surface area contributed by atoms with Crippen molar-refractivity contribution < 1.29 is 9.90 Å². The molecule has 2 aromatic rings. The van der Waals surface area contributed by atoms with Gasteiger partial charge in [-0.05, 0) is 19.1 Å². The fraction of sp³-hybridized carbons (Fsp3) is 0.100. The molecule has 2 heterocycles. The molecule has 0 spiro atoms. The molecule has 0 aliphatic rings. The van der Waals surface area contributed by atoms with E-state index in [1.165, 1.54) is 17.1 Å². The van der Waals surface area contributed by atoms with Crippen LogP contribution in [0.3, 0.4) is 0 Å². The maximum Gasteiger partial charge on any atom is 0.338 e. The highest BCUT2D eigenvalue weighted by atomic mass is 16.4. The van der Waals surface area contributed by atoms with Crippen LogP contribution >= 0.6 is 0 Å². The third kappa shape index (κ3) is 1.85. The van der Waals surface area contributed by atoms with Crippen LogP contribution in [-0.2, 0) is 0 Å². The van der Waals surface area contributed by atoms with Crippen molar-refractivity contribution in [2.24, 2.45) is 0 Å². The normalized spacial score (nSPS) is 10.2. The van der Waals surface area contributed by atoms with E-state index in [1.54, 1.807) is 6.20 Å². The van der Waals surface area contributed by atoms with Crippen LogP contribution in [0.15, 0.2) is 30.7 Å². The Bertz CT molecular complexity index is 488. The molecule has 0 bridgehead atoms. The molecule has 0 unspecified atom stereocenters. The first-order valence-electron chi connectivity index (χ1n) is 4.38. The number of pyridine rings is 1. The largest absolute Gasteiger partial charge is 0.478 e. The molecule has 0 saturated carbocycles. The molecule has 0 amide bonds. The maximum atomic E-state index is 10.6. The van der Waals surface area contributed by atoms with Crippen LogP contribution in [0.4, 0.5) is 0 Å². The minimum atomic E-state index is -0.985. The molecule has 15 heavy (non-hydrogen) atoms. The number of aryl methyl sites for hydroxylation is 1. The van der Waals surface area contributed by atoms with Gasteiger partial charge in [-0.25, -0.2) is 9.48 Å². The molecular formula is C10H9N3O2. The monoisotopic (exact) mass is 203 g/mol. The van der Waals surface area contributed by atoms with E-state index in [0.29, 0.717) is 0 Å². The van der Waals surface area contributed by atoms with Crippen LogP contribution in [-0.4, -0.2) is 25.8 Å². The Morgan fingerprint density at radius 3 is 2.73 bits per heavy atom. The molecule has 0 aliphatic carbocycles. The van der Waals surface area contributed by atoms with Crippen molar-refractivity contribution in [2.75, 3.05) is 0 Å². The topological polar surface area (TPSA) is 68.0 Å². The molecule has 5 nitrogen and oxygen atoms in total. The molecule has 5 heteroatoms. The summed E-state index contributed by atoms with van der Waals surface area (Å²) in [4.78, 5) is 14.7. The van der Waals surface area contributed by atoms with E-state index in [2.05, 4.69) is 10.1 Å². The lowest BCUT2D eigenvalue weighted by Gasteiger charge is -1.99. The van der Waals surface area contributed by atoms with Crippen LogP contribution in [0.5, 0.6) is 0 Å². The van der Waals surface area contributed by atoms with Gasteiger partial charge >= 0.3 is 5.97 Å². The number of carboxylic acid groups (broad SMARTS) is 1. The van der Waals surface area contributed by atoms with Crippen LogP contribution in [0.1, 0.15) is 16.1 Å². The minimum Gasteiger partial charge on any atom is -0.478 e. The second-order valence-corrected chi connectivity index (χ2v) is 3.14. The number of aromatic nitrogens is 3. The van der Waals surface area contributed by atoms with Crippen molar-refractivity contribution in [3.63, 3.8) is 0 Å². The number of hydrogen-bond donors (Lipinski definition) is 1. The van der Waals surface area contributed by atoms with Crippen LogP contribution in [0, 0.1) is 6.92 Å². The second-order valence-electron chi connectivity index (χ2n) is 3.14. The van der Waals surface area contributed by atoms with Gasteiger partial charge in [0.15, 0.2) is 0 Å². The van der Waals surface area contributed by atoms with Crippen molar-refractivity contribution in [3.8, 4) is 5.69 Å². The van der Waals surface area contributed by atoms with Gasteiger partial charge in [0.1, 0.15) is 0 Å². The molecule has 0 aliphatic heterocycles. The van der Waals surface area contributed by atoms with Gasteiger partial charge in [-0.3, -0.25) is 4.98 Å². The summed E-state index contributed by atoms with van der Waals surface area (Å²) in [5.74, 6) is -0.985. The van der Waals surface area contributed by atoms with E-state index in [4.69, 9.17) is 5.11 Å². The van der Waals surface area contributed by atoms with Crippen molar-refractivity contribution in [1.29, 1.82) is 0 Å². The fourth-order valence-corrected chi connectivity index (χ4v) is 1.17. The maximum absolute atomic E-state index is 10.6. The molecule has 0 radical (unpaired) electrons. The fourth-order valence-electron chi connectivity index (χ4n) is 1.17. The number of hydrogen-bond acceptors (Lipinski definition) is 3. The Hall–Kier alpha value is -2.17. The van der Waals surface area contributed by atoms with Gasteiger partial charge in [-0.1, -0.05) is 0 Å². The van der Waals surface area contributed by atoms with E-state index in [1.807, 2.05) is 19.1 Å². The molecule has 2 rings (SSSR count). The van der Waals surface area contributed by atoms with Gasteiger partial charge in [0.05, 0.1) is 23.6 Å². The van der Waals surface area contributed by atoms with E-state index < -0.39 is 5.97 Å². The minimum absolute atomic E-state index is 0.163. The average molecular weight is 203 g/mol. The Labute approximate surface area is 86.0 Å². The molecule has 0 aromatic carbocycles. The summed E-state index contributed by atoms with van der Waals surface area (Å²) in [6.45, 7) is 1.88. The standard InChI is InChI=1S/C10H9N3O2/c1-7-2-3-9(5-11-7)13-6-8(4-12-13)10(14)15/h2-6H,1H3,(H,14,15).